The molecule has 2 heteroatoms. The van der Waals surface area contributed by atoms with Gasteiger partial charge in [-0.3, -0.25) is 0 Å². The molecular weight excluding hydrogens is 116 g/mol. The molecule has 1 heterocycles. The highest BCUT2D eigenvalue weighted by Gasteiger charge is 2.20. The van der Waals surface area contributed by atoms with Crippen molar-refractivity contribution in [3.8, 4) is 0 Å². The fraction of sp³-hybridized carbons (Fsp3) is 0.857. The number of ether oxygens (including phenoxy) is 2. The third-order valence-electron chi connectivity index (χ3n) is 1.36. The minimum atomic E-state index is 0.554. The highest BCUT2D eigenvalue weighted by atomic mass is 16.6. The first-order chi connectivity index (χ1) is 4.43. The quantitative estimate of drug-likeness (QED) is 0.408. The van der Waals surface area contributed by atoms with Crippen molar-refractivity contribution in [3.63, 3.8) is 0 Å². The monoisotopic (exact) mass is 129 g/mol. The van der Waals surface area contributed by atoms with Gasteiger partial charge in [0, 0.05) is 13.2 Å². The van der Waals surface area contributed by atoms with E-state index in [0.29, 0.717) is 12.7 Å². The van der Waals surface area contributed by atoms with E-state index in [1.807, 2.05) is 0 Å². The molecule has 1 unspecified atom stereocenters. The van der Waals surface area contributed by atoms with Crippen LogP contribution in [0.1, 0.15) is 12.8 Å². The standard InChI is InChI=1S/C7H13O2/c1-2-8-5-3-4-7-6-9-7/h7H,1-6H2. The summed E-state index contributed by atoms with van der Waals surface area (Å²) in [4.78, 5) is 0. The van der Waals surface area contributed by atoms with Crippen LogP contribution in [0.2, 0.25) is 0 Å². The Kier molecular flexibility index (Phi) is 3.01. The zero-order chi connectivity index (χ0) is 6.53. The van der Waals surface area contributed by atoms with Gasteiger partial charge in [0.1, 0.15) is 0 Å². The van der Waals surface area contributed by atoms with Crippen LogP contribution in [0.3, 0.4) is 0 Å². The van der Waals surface area contributed by atoms with Gasteiger partial charge in [-0.25, -0.2) is 0 Å². The Morgan fingerprint density at radius 3 is 3.00 bits per heavy atom. The second-order valence-electron chi connectivity index (χ2n) is 2.21. The van der Waals surface area contributed by atoms with Gasteiger partial charge in [0.05, 0.1) is 12.7 Å². The average molecular weight is 129 g/mol. The maximum Gasteiger partial charge on any atom is 0.0810 e. The first-order valence-corrected chi connectivity index (χ1v) is 3.42. The van der Waals surface area contributed by atoms with E-state index < -0.39 is 0 Å². The largest absolute Gasteiger partial charge is 0.381 e. The van der Waals surface area contributed by atoms with E-state index in [0.717, 1.165) is 26.1 Å². The number of hydrogen-bond donors (Lipinski definition) is 0. The van der Waals surface area contributed by atoms with Crippen molar-refractivity contribution in [3.05, 3.63) is 6.92 Å². The van der Waals surface area contributed by atoms with Crippen molar-refractivity contribution in [2.75, 3.05) is 19.8 Å². The van der Waals surface area contributed by atoms with Crippen molar-refractivity contribution in [2.45, 2.75) is 18.9 Å². The van der Waals surface area contributed by atoms with Gasteiger partial charge in [-0.1, -0.05) is 0 Å². The normalized spacial score (nSPS) is 24.3. The van der Waals surface area contributed by atoms with Crippen LogP contribution >= 0.6 is 0 Å². The van der Waals surface area contributed by atoms with Crippen molar-refractivity contribution in [2.24, 2.45) is 0 Å². The third-order valence-corrected chi connectivity index (χ3v) is 1.36. The van der Waals surface area contributed by atoms with Gasteiger partial charge in [-0.2, -0.15) is 0 Å². The Morgan fingerprint density at radius 2 is 2.44 bits per heavy atom. The average Bonchev–Trinajstić information content (AvgIpc) is 2.63. The molecule has 0 bridgehead atoms. The summed E-state index contributed by atoms with van der Waals surface area (Å²) in [6, 6.07) is 0. The van der Waals surface area contributed by atoms with Gasteiger partial charge in [-0.15, -0.1) is 0 Å². The molecule has 1 rings (SSSR count). The molecule has 0 amide bonds. The molecule has 1 aliphatic heterocycles. The SMILES string of the molecule is [CH2]COCCCC1CO1. The minimum absolute atomic E-state index is 0.554. The predicted octanol–water partition coefficient (Wildman–Crippen LogP) is 1.02. The van der Waals surface area contributed by atoms with Crippen molar-refractivity contribution < 1.29 is 9.47 Å². The molecule has 0 N–H and O–H groups in total. The van der Waals surface area contributed by atoms with E-state index in [1.165, 1.54) is 0 Å². The number of rotatable bonds is 5. The maximum atomic E-state index is 5.04. The summed E-state index contributed by atoms with van der Waals surface area (Å²) in [5.74, 6) is 0. The Hall–Kier alpha value is -0.0800. The van der Waals surface area contributed by atoms with Crippen LogP contribution in [0, 0.1) is 6.92 Å². The molecule has 1 fully saturated rings. The van der Waals surface area contributed by atoms with E-state index in [2.05, 4.69) is 6.92 Å². The van der Waals surface area contributed by atoms with E-state index in [4.69, 9.17) is 9.47 Å². The smallest absolute Gasteiger partial charge is 0.0810 e. The van der Waals surface area contributed by atoms with Crippen LogP contribution in [-0.2, 0) is 9.47 Å². The van der Waals surface area contributed by atoms with E-state index in [-0.39, 0.29) is 0 Å². The maximum absolute atomic E-state index is 5.04. The van der Waals surface area contributed by atoms with Crippen LogP contribution < -0.4 is 0 Å². The molecule has 9 heavy (non-hydrogen) atoms. The van der Waals surface area contributed by atoms with E-state index >= 15 is 0 Å². The molecule has 1 radical (unpaired) electrons. The van der Waals surface area contributed by atoms with E-state index in [9.17, 15) is 0 Å². The molecule has 2 nitrogen and oxygen atoms in total. The summed E-state index contributed by atoms with van der Waals surface area (Å²) in [6.45, 7) is 5.95. The van der Waals surface area contributed by atoms with Crippen LogP contribution in [0.25, 0.3) is 0 Å². The highest BCUT2D eigenvalue weighted by molar-refractivity contribution is 4.67. The second kappa shape index (κ2) is 3.85. The zero-order valence-corrected chi connectivity index (χ0v) is 5.64. The third kappa shape index (κ3) is 3.49. The molecule has 53 valence electrons. The summed E-state index contributed by atoms with van der Waals surface area (Å²) in [6.07, 6.45) is 2.82. The van der Waals surface area contributed by atoms with Crippen LogP contribution in [0.15, 0.2) is 0 Å². The van der Waals surface area contributed by atoms with Gasteiger partial charge in [0.15, 0.2) is 0 Å². The Balaban J connectivity index is 1.71. The fourth-order valence-electron chi connectivity index (χ4n) is 0.750. The lowest BCUT2D eigenvalue weighted by atomic mass is 10.3. The molecule has 1 saturated heterocycles. The Bertz CT molecular complexity index is 69.3. The van der Waals surface area contributed by atoms with Gasteiger partial charge in [-0.05, 0) is 19.8 Å². The van der Waals surface area contributed by atoms with Gasteiger partial charge in [0.25, 0.3) is 0 Å². The summed E-state index contributed by atoms with van der Waals surface area (Å²) in [7, 11) is 0. The molecule has 0 spiro atoms. The van der Waals surface area contributed by atoms with Crippen LogP contribution in [0.5, 0.6) is 0 Å². The number of epoxide rings is 1. The van der Waals surface area contributed by atoms with Crippen molar-refractivity contribution in [1.29, 1.82) is 0 Å². The van der Waals surface area contributed by atoms with E-state index in [1.54, 1.807) is 0 Å². The van der Waals surface area contributed by atoms with Crippen molar-refractivity contribution in [1.82, 2.24) is 0 Å². The molecule has 0 aromatic carbocycles. The molecule has 1 aliphatic rings. The fourth-order valence-corrected chi connectivity index (χ4v) is 0.750. The highest BCUT2D eigenvalue weighted by Crippen LogP contribution is 2.14. The Morgan fingerprint density at radius 1 is 1.67 bits per heavy atom. The Labute approximate surface area is 56.2 Å². The van der Waals surface area contributed by atoms with Gasteiger partial charge in [0.2, 0.25) is 0 Å². The van der Waals surface area contributed by atoms with Crippen molar-refractivity contribution >= 4 is 0 Å². The molecular formula is C7H13O2. The molecule has 0 saturated carbocycles. The first kappa shape index (κ1) is 7.03. The summed E-state index contributed by atoms with van der Waals surface area (Å²) in [5.41, 5.74) is 0. The second-order valence-corrected chi connectivity index (χ2v) is 2.21. The zero-order valence-electron chi connectivity index (χ0n) is 5.64. The lowest BCUT2D eigenvalue weighted by molar-refractivity contribution is 0.154. The first-order valence-electron chi connectivity index (χ1n) is 3.42. The summed E-state index contributed by atoms with van der Waals surface area (Å²) in [5, 5.41) is 0. The number of hydrogen-bond acceptors (Lipinski definition) is 2. The summed E-state index contributed by atoms with van der Waals surface area (Å²) < 4.78 is 10.1. The van der Waals surface area contributed by atoms with Crippen LogP contribution in [0.4, 0.5) is 0 Å². The van der Waals surface area contributed by atoms with Gasteiger partial charge < -0.3 is 9.47 Å². The molecule has 0 aromatic heterocycles. The molecule has 1 atom stereocenters. The lowest BCUT2D eigenvalue weighted by Gasteiger charge is -1.96. The summed E-state index contributed by atoms with van der Waals surface area (Å²) >= 11 is 0. The lowest BCUT2D eigenvalue weighted by Crippen LogP contribution is -1.95. The van der Waals surface area contributed by atoms with Gasteiger partial charge >= 0.3 is 0 Å². The minimum Gasteiger partial charge on any atom is -0.381 e. The molecule has 0 aromatic rings. The van der Waals surface area contributed by atoms with Crippen LogP contribution in [-0.4, -0.2) is 25.9 Å². The topological polar surface area (TPSA) is 21.8 Å². The predicted molar refractivity (Wildman–Crippen MR) is 35.1 cm³/mol. The molecule has 0 aliphatic carbocycles.